The van der Waals surface area contributed by atoms with E-state index < -0.39 is 17.1 Å². The van der Waals surface area contributed by atoms with Crippen LogP contribution in [0.3, 0.4) is 0 Å². The monoisotopic (exact) mass is 353 g/mol. The maximum absolute atomic E-state index is 11.0. The van der Waals surface area contributed by atoms with Gasteiger partial charge in [0.2, 0.25) is 6.04 Å². The molecule has 2 atom stereocenters. The van der Waals surface area contributed by atoms with Gasteiger partial charge in [0.1, 0.15) is 12.4 Å². The average Bonchev–Trinajstić information content (AvgIpc) is 2.58. The lowest BCUT2D eigenvalue weighted by molar-refractivity contribution is -0.533. The summed E-state index contributed by atoms with van der Waals surface area (Å²) in [4.78, 5) is 20.9. The number of rotatable bonds is 17. The number of nitrogens with zero attached hydrogens (tertiary/aromatic N) is 1. The Labute approximate surface area is 152 Å². The molecule has 0 spiro atoms. The van der Waals surface area contributed by atoms with Gasteiger partial charge in [-0.3, -0.25) is 10.1 Å². The van der Waals surface area contributed by atoms with Gasteiger partial charge in [-0.2, -0.15) is 0 Å². The van der Waals surface area contributed by atoms with Gasteiger partial charge in [0.25, 0.3) is 0 Å². The molecule has 5 heteroatoms. The van der Waals surface area contributed by atoms with Crippen LogP contribution in [0.4, 0.5) is 0 Å². The van der Waals surface area contributed by atoms with E-state index in [1.54, 1.807) is 6.08 Å². The highest BCUT2D eigenvalue weighted by Crippen LogP contribution is 2.12. The van der Waals surface area contributed by atoms with Crippen molar-refractivity contribution in [3.8, 4) is 0 Å². The van der Waals surface area contributed by atoms with Gasteiger partial charge in [0.15, 0.2) is 0 Å². The first-order chi connectivity index (χ1) is 12.1. The molecule has 0 aliphatic heterocycles. The molecule has 0 heterocycles. The summed E-state index contributed by atoms with van der Waals surface area (Å²) < 4.78 is 0. The van der Waals surface area contributed by atoms with Crippen LogP contribution in [-0.4, -0.2) is 28.5 Å². The Morgan fingerprint density at radius 2 is 1.64 bits per heavy atom. The minimum absolute atomic E-state index is 0.223. The quantitative estimate of drug-likeness (QED) is 0.131. The van der Waals surface area contributed by atoms with Gasteiger partial charge < -0.3 is 9.90 Å². The van der Waals surface area contributed by atoms with Crippen molar-refractivity contribution in [2.75, 3.05) is 0 Å². The molecule has 1 N–H and O–H groups in total. The van der Waals surface area contributed by atoms with Crippen LogP contribution in [0.1, 0.15) is 84.0 Å². The maximum Gasteiger partial charge on any atom is 0.241 e. The van der Waals surface area contributed by atoms with Crippen molar-refractivity contribution >= 4 is 6.29 Å². The first-order valence-electron chi connectivity index (χ1n) is 9.68. The van der Waals surface area contributed by atoms with E-state index in [-0.39, 0.29) is 12.8 Å². The lowest BCUT2D eigenvalue weighted by Crippen LogP contribution is -2.33. The molecule has 0 aromatic carbocycles. The summed E-state index contributed by atoms with van der Waals surface area (Å²) in [5.74, 6) is 0. The standard InChI is InChI=1S/C20H35NO4/c1-2-3-4-5-6-7-8-9-10-11-12-13-16-19(21(24)25)20(23)17-14-15-18-22/h9-10,12-13,18-20,23H,2-8,11,14-17H2,1H3/b10-9-,13-12-. The molecule has 25 heavy (non-hydrogen) atoms. The smallest absolute Gasteiger partial charge is 0.241 e. The van der Waals surface area contributed by atoms with E-state index >= 15 is 0 Å². The normalized spacial score (nSPS) is 14.2. The number of aliphatic hydroxyl groups excluding tert-OH is 1. The SMILES string of the molecule is CCCCCCCC/C=C\C/C=C\CC(C(O)CCCC=O)[N+](=O)[O-]. The highest BCUT2D eigenvalue weighted by Gasteiger charge is 2.27. The third-order valence-corrected chi connectivity index (χ3v) is 4.24. The second-order valence-corrected chi connectivity index (χ2v) is 6.49. The minimum Gasteiger partial charge on any atom is -0.386 e. The minimum atomic E-state index is -0.997. The summed E-state index contributed by atoms with van der Waals surface area (Å²) in [5, 5.41) is 20.9. The van der Waals surface area contributed by atoms with Crippen molar-refractivity contribution in [3.63, 3.8) is 0 Å². The first kappa shape index (κ1) is 23.5. The molecule has 0 aliphatic carbocycles. The Hall–Kier alpha value is -1.49. The molecule has 144 valence electrons. The van der Waals surface area contributed by atoms with Crippen molar-refractivity contribution in [2.24, 2.45) is 0 Å². The lowest BCUT2D eigenvalue weighted by Gasteiger charge is -2.13. The summed E-state index contributed by atoms with van der Waals surface area (Å²) in [6, 6.07) is -0.991. The van der Waals surface area contributed by atoms with Gasteiger partial charge in [-0.05, 0) is 32.1 Å². The van der Waals surface area contributed by atoms with E-state index in [2.05, 4.69) is 19.1 Å². The average molecular weight is 354 g/mol. The number of aldehydes is 1. The van der Waals surface area contributed by atoms with Crippen LogP contribution in [0.15, 0.2) is 24.3 Å². The Kier molecular flexibility index (Phi) is 16.3. The number of carbonyl (C=O) groups is 1. The summed E-state index contributed by atoms with van der Waals surface area (Å²) in [6.45, 7) is 2.22. The largest absolute Gasteiger partial charge is 0.386 e. The third-order valence-electron chi connectivity index (χ3n) is 4.24. The van der Waals surface area contributed by atoms with Crippen LogP contribution < -0.4 is 0 Å². The van der Waals surface area contributed by atoms with Gasteiger partial charge in [-0.15, -0.1) is 0 Å². The number of unbranched alkanes of at least 4 members (excludes halogenated alkanes) is 7. The van der Waals surface area contributed by atoms with Gasteiger partial charge in [0, 0.05) is 17.8 Å². The molecule has 0 aliphatic rings. The zero-order chi connectivity index (χ0) is 18.8. The molecule has 0 aromatic heterocycles. The number of nitro groups is 1. The second kappa shape index (κ2) is 17.3. The highest BCUT2D eigenvalue weighted by molar-refractivity contribution is 5.48. The topological polar surface area (TPSA) is 80.4 Å². The van der Waals surface area contributed by atoms with Crippen molar-refractivity contribution in [2.45, 2.75) is 96.1 Å². The predicted octanol–water partition coefficient (Wildman–Crippen LogP) is 5.01. The number of hydrogen-bond donors (Lipinski definition) is 1. The van der Waals surface area contributed by atoms with E-state index in [9.17, 15) is 20.0 Å². The molecule has 2 unspecified atom stereocenters. The summed E-state index contributed by atoms with van der Waals surface area (Å²) in [7, 11) is 0. The Morgan fingerprint density at radius 3 is 2.32 bits per heavy atom. The van der Waals surface area contributed by atoms with Crippen LogP contribution in [0.2, 0.25) is 0 Å². The molecule has 0 radical (unpaired) electrons. The predicted molar refractivity (Wildman–Crippen MR) is 102 cm³/mol. The molecule has 0 fully saturated rings. The van der Waals surface area contributed by atoms with E-state index in [1.165, 1.54) is 38.5 Å². The van der Waals surface area contributed by atoms with Crippen LogP contribution in [0, 0.1) is 10.1 Å². The molecule has 0 aromatic rings. The summed E-state index contributed by atoms with van der Waals surface area (Å²) in [6.07, 6.45) is 18.7. The van der Waals surface area contributed by atoms with Gasteiger partial charge >= 0.3 is 0 Å². The molecular formula is C20H35NO4. The molecule has 0 saturated carbocycles. The first-order valence-corrected chi connectivity index (χ1v) is 9.68. The molecule has 5 nitrogen and oxygen atoms in total. The van der Waals surface area contributed by atoms with E-state index in [0.29, 0.717) is 12.8 Å². The van der Waals surface area contributed by atoms with Crippen molar-refractivity contribution in [1.29, 1.82) is 0 Å². The van der Waals surface area contributed by atoms with Crippen LogP contribution in [-0.2, 0) is 4.79 Å². The van der Waals surface area contributed by atoms with E-state index in [4.69, 9.17) is 0 Å². The molecule has 0 bridgehead atoms. The zero-order valence-electron chi connectivity index (χ0n) is 15.6. The molecule has 0 saturated heterocycles. The summed E-state index contributed by atoms with van der Waals surface area (Å²) in [5.41, 5.74) is 0. The van der Waals surface area contributed by atoms with Gasteiger partial charge in [-0.25, -0.2) is 0 Å². The maximum atomic E-state index is 11.0. The fourth-order valence-corrected chi connectivity index (χ4v) is 2.65. The Balaban J connectivity index is 3.85. The number of aliphatic hydroxyl groups is 1. The molecule has 0 rings (SSSR count). The third kappa shape index (κ3) is 14.6. The number of carbonyl (C=O) groups excluding carboxylic acids is 1. The second-order valence-electron chi connectivity index (χ2n) is 6.49. The van der Waals surface area contributed by atoms with E-state index in [1.807, 2.05) is 6.08 Å². The zero-order valence-corrected chi connectivity index (χ0v) is 15.6. The Morgan fingerprint density at radius 1 is 0.960 bits per heavy atom. The lowest BCUT2D eigenvalue weighted by atomic mass is 10.0. The number of hydrogen-bond acceptors (Lipinski definition) is 4. The number of allylic oxidation sites excluding steroid dienone is 3. The fourth-order valence-electron chi connectivity index (χ4n) is 2.65. The van der Waals surface area contributed by atoms with Gasteiger partial charge in [0.05, 0.1) is 0 Å². The van der Waals surface area contributed by atoms with Crippen molar-refractivity contribution in [1.82, 2.24) is 0 Å². The summed E-state index contributed by atoms with van der Waals surface area (Å²) >= 11 is 0. The van der Waals surface area contributed by atoms with Crippen molar-refractivity contribution < 1.29 is 14.8 Å². The van der Waals surface area contributed by atoms with Crippen molar-refractivity contribution in [3.05, 3.63) is 34.4 Å². The van der Waals surface area contributed by atoms with Crippen LogP contribution in [0.5, 0.6) is 0 Å². The highest BCUT2D eigenvalue weighted by atomic mass is 16.6. The van der Waals surface area contributed by atoms with Gasteiger partial charge in [-0.1, -0.05) is 63.3 Å². The molecule has 0 amide bonds. The van der Waals surface area contributed by atoms with E-state index in [0.717, 1.165) is 19.1 Å². The fraction of sp³-hybridized carbons (Fsp3) is 0.750. The van der Waals surface area contributed by atoms with Crippen LogP contribution in [0.25, 0.3) is 0 Å². The Bertz CT molecular complexity index is 393. The molecular weight excluding hydrogens is 318 g/mol. The van der Waals surface area contributed by atoms with Crippen LogP contribution >= 0.6 is 0 Å².